The molecule has 5 heteroatoms. The Morgan fingerprint density at radius 1 is 1.20 bits per heavy atom. The van der Waals surface area contributed by atoms with E-state index in [4.69, 9.17) is 11.6 Å². The molecular formula is C15H12ClF2NO. The van der Waals surface area contributed by atoms with Crippen molar-refractivity contribution in [2.45, 2.75) is 6.54 Å². The van der Waals surface area contributed by atoms with E-state index in [0.29, 0.717) is 10.6 Å². The summed E-state index contributed by atoms with van der Waals surface area (Å²) in [6.45, 7) is 0.0530. The SMILES string of the molecule is CN(Cc1ccc(F)cc1F)C(=O)c1cccc(Cl)c1. The van der Waals surface area contributed by atoms with Gasteiger partial charge in [-0.1, -0.05) is 23.7 Å². The summed E-state index contributed by atoms with van der Waals surface area (Å²) in [5.41, 5.74) is 0.673. The molecule has 0 aliphatic rings. The van der Waals surface area contributed by atoms with Gasteiger partial charge >= 0.3 is 0 Å². The highest BCUT2D eigenvalue weighted by atomic mass is 35.5. The third-order valence-corrected chi connectivity index (χ3v) is 3.08. The van der Waals surface area contributed by atoms with Gasteiger partial charge in [-0.25, -0.2) is 8.78 Å². The van der Waals surface area contributed by atoms with Crippen LogP contribution in [-0.2, 0) is 6.54 Å². The van der Waals surface area contributed by atoms with Crippen LogP contribution in [0.25, 0.3) is 0 Å². The normalized spacial score (nSPS) is 10.4. The zero-order chi connectivity index (χ0) is 14.7. The first-order chi connectivity index (χ1) is 9.47. The number of hydrogen-bond acceptors (Lipinski definition) is 1. The highest BCUT2D eigenvalue weighted by molar-refractivity contribution is 6.30. The van der Waals surface area contributed by atoms with Crippen molar-refractivity contribution in [3.8, 4) is 0 Å². The van der Waals surface area contributed by atoms with Gasteiger partial charge in [0.1, 0.15) is 11.6 Å². The van der Waals surface area contributed by atoms with Gasteiger partial charge < -0.3 is 4.90 Å². The van der Waals surface area contributed by atoms with Gasteiger partial charge in [0.25, 0.3) is 5.91 Å². The number of carbonyl (C=O) groups is 1. The molecule has 2 nitrogen and oxygen atoms in total. The Balaban J connectivity index is 2.15. The Bertz CT molecular complexity index is 646. The summed E-state index contributed by atoms with van der Waals surface area (Å²) in [5, 5.41) is 0.456. The molecule has 2 aromatic carbocycles. The molecule has 0 aromatic heterocycles. The summed E-state index contributed by atoms with van der Waals surface area (Å²) >= 11 is 5.82. The Morgan fingerprint density at radius 2 is 1.95 bits per heavy atom. The van der Waals surface area contributed by atoms with E-state index in [1.165, 1.54) is 11.0 Å². The molecule has 0 bridgehead atoms. The summed E-state index contributed by atoms with van der Waals surface area (Å²) < 4.78 is 26.4. The third-order valence-electron chi connectivity index (χ3n) is 2.84. The minimum atomic E-state index is -0.671. The van der Waals surface area contributed by atoms with E-state index in [0.717, 1.165) is 12.1 Å². The number of carbonyl (C=O) groups excluding carboxylic acids is 1. The lowest BCUT2D eigenvalue weighted by molar-refractivity contribution is 0.0784. The Labute approximate surface area is 120 Å². The molecule has 0 radical (unpaired) electrons. The minimum Gasteiger partial charge on any atom is -0.337 e. The van der Waals surface area contributed by atoms with E-state index in [9.17, 15) is 13.6 Å². The third kappa shape index (κ3) is 3.33. The fourth-order valence-corrected chi connectivity index (χ4v) is 2.01. The van der Waals surface area contributed by atoms with Crippen molar-refractivity contribution in [2.75, 3.05) is 7.05 Å². The maximum absolute atomic E-state index is 13.5. The smallest absolute Gasteiger partial charge is 0.253 e. The zero-order valence-corrected chi connectivity index (χ0v) is 11.5. The standard InChI is InChI=1S/C15H12ClF2NO/c1-19(9-11-5-6-13(17)8-14(11)18)15(20)10-3-2-4-12(16)7-10/h2-8H,9H2,1H3. The van der Waals surface area contributed by atoms with Gasteiger partial charge in [-0.2, -0.15) is 0 Å². The first-order valence-corrected chi connectivity index (χ1v) is 6.30. The second-order valence-electron chi connectivity index (χ2n) is 4.41. The van der Waals surface area contributed by atoms with E-state index in [2.05, 4.69) is 0 Å². The van der Waals surface area contributed by atoms with Crippen molar-refractivity contribution in [1.29, 1.82) is 0 Å². The fourth-order valence-electron chi connectivity index (χ4n) is 1.82. The minimum absolute atomic E-state index is 0.0530. The molecule has 0 aliphatic heterocycles. The Morgan fingerprint density at radius 3 is 2.60 bits per heavy atom. The molecule has 0 aliphatic carbocycles. The van der Waals surface area contributed by atoms with E-state index >= 15 is 0 Å². The van der Waals surface area contributed by atoms with E-state index in [1.807, 2.05) is 0 Å². The van der Waals surface area contributed by atoms with Crippen LogP contribution in [0.15, 0.2) is 42.5 Å². The number of amides is 1. The molecule has 1 amide bonds. The quantitative estimate of drug-likeness (QED) is 0.841. The second-order valence-corrected chi connectivity index (χ2v) is 4.84. The Hall–Kier alpha value is -1.94. The van der Waals surface area contributed by atoms with Gasteiger partial charge in [-0.3, -0.25) is 4.79 Å². The lowest BCUT2D eigenvalue weighted by atomic mass is 10.1. The van der Waals surface area contributed by atoms with Crippen LogP contribution >= 0.6 is 11.6 Å². The lowest BCUT2D eigenvalue weighted by Crippen LogP contribution is -2.26. The molecule has 104 valence electrons. The molecule has 20 heavy (non-hydrogen) atoms. The maximum atomic E-state index is 13.5. The van der Waals surface area contributed by atoms with Crippen LogP contribution in [-0.4, -0.2) is 17.9 Å². The van der Waals surface area contributed by atoms with Gasteiger partial charge in [-0.15, -0.1) is 0 Å². The van der Waals surface area contributed by atoms with Gasteiger partial charge in [-0.05, 0) is 24.3 Å². The first-order valence-electron chi connectivity index (χ1n) is 5.92. The predicted molar refractivity (Wildman–Crippen MR) is 73.6 cm³/mol. The molecular weight excluding hydrogens is 284 g/mol. The Kier molecular flexibility index (Phi) is 4.35. The van der Waals surface area contributed by atoms with Crippen LogP contribution in [0.2, 0.25) is 5.02 Å². The molecule has 0 unspecified atom stereocenters. The van der Waals surface area contributed by atoms with Crippen LogP contribution in [0, 0.1) is 11.6 Å². The van der Waals surface area contributed by atoms with Gasteiger partial charge in [0, 0.05) is 35.8 Å². The second kappa shape index (κ2) is 6.01. The van der Waals surface area contributed by atoms with Crippen molar-refractivity contribution in [1.82, 2.24) is 4.90 Å². The highest BCUT2D eigenvalue weighted by Crippen LogP contribution is 2.15. The van der Waals surface area contributed by atoms with Crippen molar-refractivity contribution in [3.05, 3.63) is 70.2 Å². The molecule has 2 aromatic rings. The molecule has 0 atom stereocenters. The monoisotopic (exact) mass is 295 g/mol. The van der Waals surface area contributed by atoms with Gasteiger partial charge in [0.05, 0.1) is 0 Å². The van der Waals surface area contributed by atoms with Crippen LogP contribution in [0.5, 0.6) is 0 Å². The van der Waals surface area contributed by atoms with Gasteiger partial charge in [0.2, 0.25) is 0 Å². The molecule has 0 saturated heterocycles. The van der Waals surface area contributed by atoms with E-state index in [-0.39, 0.29) is 18.0 Å². The summed E-state index contributed by atoms with van der Waals surface area (Å²) in [5.74, 6) is -1.60. The number of hydrogen-bond donors (Lipinski definition) is 0. The summed E-state index contributed by atoms with van der Waals surface area (Å²) in [7, 11) is 1.55. The van der Waals surface area contributed by atoms with Crippen molar-refractivity contribution < 1.29 is 13.6 Å². The predicted octanol–water partition coefficient (Wildman–Crippen LogP) is 3.89. The number of benzene rings is 2. The van der Waals surface area contributed by atoms with Crippen LogP contribution in [0.1, 0.15) is 15.9 Å². The number of nitrogens with zero attached hydrogens (tertiary/aromatic N) is 1. The highest BCUT2D eigenvalue weighted by Gasteiger charge is 2.14. The van der Waals surface area contributed by atoms with Crippen LogP contribution < -0.4 is 0 Å². The summed E-state index contributed by atoms with van der Waals surface area (Å²) in [4.78, 5) is 13.5. The number of halogens is 3. The van der Waals surface area contributed by atoms with E-state index in [1.54, 1.807) is 31.3 Å². The lowest BCUT2D eigenvalue weighted by Gasteiger charge is -2.18. The number of rotatable bonds is 3. The molecule has 0 saturated carbocycles. The van der Waals surface area contributed by atoms with Crippen molar-refractivity contribution >= 4 is 17.5 Å². The zero-order valence-electron chi connectivity index (χ0n) is 10.7. The van der Waals surface area contributed by atoms with Crippen LogP contribution in [0.3, 0.4) is 0 Å². The maximum Gasteiger partial charge on any atom is 0.253 e. The molecule has 0 spiro atoms. The molecule has 0 N–H and O–H groups in total. The summed E-state index contributed by atoms with van der Waals surface area (Å²) in [6.07, 6.45) is 0. The molecule has 0 heterocycles. The molecule has 2 rings (SSSR count). The summed E-state index contributed by atoms with van der Waals surface area (Å²) in [6, 6.07) is 9.79. The van der Waals surface area contributed by atoms with Crippen molar-refractivity contribution in [3.63, 3.8) is 0 Å². The van der Waals surface area contributed by atoms with E-state index < -0.39 is 11.6 Å². The molecule has 0 fully saturated rings. The average molecular weight is 296 g/mol. The van der Waals surface area contributed by atoms with Crippen molar-refractivity contribution in [2.24, 2.45) is 0 Å². The topological polar surface area (TPSA) is 20.3 Å². The fraction of sp³-hybridized carbons (Fsp3) is 0.133. The largest absolute Gasteiger partial charge is 0.337 e. The van der Waals surface area contributed by atoms with Gasteiger partial charge in [0.15, 0.2) is 0 Å². The first kappa shape index (κ1) is 14.5. The van der Waals surface area contributed by atoms with Crippen LogP contribution in [0.4, 0.5) is 8.78 Å². The average Bonchev–Trinajstić information content (AvgIpc) is 2.41.